The second-order valence-electron chi connectivity index (χ2n) is 6.18. The molecule has 0 spiro atoms. The van der Waals surface area contributed by atoms with Crippen molar-refractivity contribution in [2.24, 2.45) is 0 Å². The predicted molar refractivity (Wildman–Crippen MR) is 102 cm³/mol. The molecular weight excluding hydrogens is 372 g/mol. The van der Waals surface area contributed by atoms with Crippen molar-refractivity contribution in [3.8, 4) is 5.88 Å². The summed E-state index contributed by atoms with van der Waals surface area (Å²) in [6, 6.07) is 7.91. The molecule has 0 aliphatic carbocycles. The van der Waals surface area contributed by atoms with Crippen molar-refractivity contribution in [1.29, 1.82) is 0 Å². The highest BCUT2D eigenvalue weighted by Crippen LogP contribution is 2.32. The van der Waals surface area contributed by atoms with Crippen LogP contribution in [0.25, 0.3) is 0 Å². The van der Waals surface area contributed by atoms with Gasteiger partial charge in [0.15, 0.2) is 0 Å². The molecule has 142 valence electrons. The van der Waals surface area contributed by atoms with Crippen molar-refractivity contribution < 1.29 is 14.5 Å². The highest BCUT2D eigenvalue weighted by molar-refractivity contribution is 6.30. The van der Waals surface area contributed by atoms with Gasteiger partial charge in [-0.2, -0.15) is 0 Å². The molecule has 0 bridgehead atoms. The van der Waals surface area contributed by atoms with Gasteiger partial charge in [-0.15, -0.1) is 0 Å². The molecule has 0 saturated carbocycles. The standard InChI is InChI=1S/C18H19ClN4O4/c1-20-18(24)12-4-6-15(16(9-12)23(25)26)22-8-2-3-14(11-22)27-17-7-5-13(19)10-21-17/h4-7,9-10,14H,2-3,8,11H2,1H3,(H,20,24). The van der Waals surface area contributed by atoms with Gasteiger partial charge in [-0.05, 0) is 31.0 Å². The lowest BCUT2D eigenvalue weighted by atomic mass is 10.1. The molecule has 1 aromatic carbocycles. The molecule has 8 nitrogen and oxygen atoms in total. The molecule has 1 N–H and O–H groups in total. The number of ether oxygens (including phenoxy) is 1. The second-order valence-corrected chi connectivity index (χ2v) is 6.62. The van der Waals surface area contributed by atoms with Crippen LogP contribution in [-0.4, -0.2) is 42.1 Å². The van der Waals surface area contributed by atoms with Crippen LogP contribution in [0.3, 0.4) is 0 Å². The molecule has 1 atom stereocenters. The van der Waals surface area contributed by atoms with Crippen LogP contribution in [0.1, 0.15) is 23.2 Å². The van der Waals surface area contributed by atoms with E-state index in [0.717, 1.165) is 12.8 Å². The van der Waals surface area contributed by atoms with Gasteiger partial charge in [0, 0.05) is 37.5 Å². The number of hydrogen-bond donors (Lipinski definition) is 1. The topological polar surface area (TPSA) is 97.6 Å². The molecule has 9 heteroatoms. The number of rotatable bonds is 5. The zero-order valence-electron chi connectivity index (χ0n) is 14.7. The molecule has 3 rings (SSSR count). The number of carbonyl (C=O) groups is 1. The van der Waals surface area contributed by atoms with Crippen LogP contribution in [0.5, 0.6) is 5.88 Å². The minimum Gasteiger partial charge on any atom is -0.472 e. The van der Waals surface area contributed by atoms with Crippen LogP contribution in [0.15, 0.2) is 36.5 Å². The number of nitro benzene ring substituents is 1. The molecule has 1 saturated heterocycles. The molecule has 1 aromatic heterocycles. The maximum absolute atomic E-state index is 11.8. The van der Waals surface area contributed by atoms with Gasteiger partial charge in [-0.25, -0.2) is 4.98 Å². The molecular formula is C18H19ClN4O4. The van der Waals surface area contributed by atoms with Gasteiger partial charge in [0.1, 0.15) is 11.8 Å². The van der Waals surface area contributed by atoms with Gasteiger partial charge in [0.25, 0.3) is 11.6 Å². The minimum atomic E-state index is -0.465. The number of amides is 1. The lowest BCUT2D eigenvalue weighted by Crippen LogP contribution is -2.41. The Labute approximate surface area is 161 Å². The van der Waals surface area contributed by atoms with Gasteiger partial charge < -0.3 is 15.0 Å². The summed E-state index contributed by atoms with van der Waals surface area (Å²) in [7, 11) is 1.49. The summed E-state index contributed by atoms with van der Waals surface area (Å²) < 4.78 is 5.90. The van der Waals surface area contributed by atoms with Gasteiger partial charge in [-0.1, -0.05) is 11.6 Å². The maximum atomic E-state index is 11.8. The fourth-order valence-corrected chi connectivity index (χ4v) is 3.19. The lowest BCUT2D eigenvalue weighted by Gasteiger charge is -2.33. The first-order valence-electron chi connectivity index (χ1n) is 8.51. The van der Waals surface area contributed by atoms with E-state index in [9.17, 15) is 14.9 Å². The van der Waals surface area contributed by atoms with Crippen molar-refractivity contribution in [3.05, 3.63) is 57.2 Å². The first-order chi connectivity index (χ1) is 13.0. The number of carbonyl (C=O) groups excluding carboxylic acids is 1. The van der Waals surface area contributed by atoms with Crippen molar-refractivity contribution >= 4 is 28.9 Å². The summed E-state index contributed by atoms with van der Waals surface area (Å²) in [6.45, 7) is 1.17. The van der Waals surface area contributed by atoms with Crippen molar-refractivity contribution in [2.45, 2.75) is 18.9 Å². The molecule has 1 amide bonds. The van der Waals surface area contributed by atoms with Crippen LogP contribution in [0, 0.1) is 10.1 Å². The summed E-state index contributed by atoms with van der Waals surface area (Å²) in [4.78, 5) is 28.9. The molecule has 0 radical (unpaired) electrons. The normalized spacial score (nSPS) is 16.7. The zero-order chi connectivity index (χ0) is 19.4. The number of nitrogens with zero attached hydrogens (tertiary/aromatic N) is 3. The zero-order valence-corrected chi connectivity index (χ0v) is 15.5. The van der Waals surface area contributed by atoms with Crippen LogP contribution in [-0.2, 0) is 0 Å². The van der Waals surface area contributed by atoms with Gasteiger partial charge in [-0.3, -0.25) is 14.9 Å². The second kappa shape index (κ2) is 8.22. The van der Waals surface area contributed by atoms with Crippen molar-refractivity contribution in [2.75, 3.05) is 25.0 Å². The average Bonchev–Trinajstić information content (AvgIpc) is 2.69. The third-order valence-electron chi connectivity index (χ3n) is 4.37. The Morgan fingerprint density at radius 1 is 1.41 bits per heavy atom. The summed E-state index contributed by atoms with van der Waals surface area (Å²) in [6.07, 6.45) is 3.02. The number of anilines is 1. The smallest absolute Gasteiger partial charge is 0.293 e. The van der Waals surface area contributed by atoms with E-state index in [-0.39, 0.29) is 23.3 Å². The summed E-state index contributed by atoms with van der Waals surface area (Å²) in [5, 5.41) is 14.5. The van der Waals surface area contributed by atoms with Crippen molar-refractivity contribution in [1.82, 2.24) is 10.3 Å². The Bertz CT molecular complexity index is 844. The fraction of sp³-hybridized carbons (Fsp3) is 0.333. The fourth-order valence-electron chi connectivity index (χ4n) is 3.08. The van der Waals surface area contributed by atoms with E-state index in [1.165, 1.54) is 19.3 Å². The third kappa shape index (κ3) is 4.46. The maximum Gasteiger partial charge on any atom is 0.293 e. The first kappa shape index (κ1) is 18.9. The molecule has 1 aliphatic heterocycles. The van der Waals surface area contributed by atoms with Gasteiger partial charge in [0.2, 0.25) is 5.88 Å². The summed E-state index contributed by atoms with van der Waals surface area (Å²) in [5.74, 6) is 0.106. The Hall–Kier alpha value is -2.87. The Morgan fingerprint density at radius 3 is 2.89 bits per heavy atom. The largest absolute Gasteiger partial charge is 0.472 e. The SMILES string of the molecule is CNC(=O)c1ccc(N2CCCC(Oc3ccc(Cl)cn3)C2)c([N+](=O)[O-])c1. The number of pyridine rings is 1. The number of aromatic nitrogens is 1. The van der Waals surface area contributed by atoms with Crippen LogP contribution in [0.4, 0.5) is 11.4 Å². The van der Waals surface area contributed by atoms with Gasteiger partial charge in [0.05, 0.1) is 16.5 Å². The molecule has 27 heavy (non-hydrogen) atoms. The highest BCUT2D eigenvalue weighted by Gasteiger charge is 2.27. The number of nitrogens with one attached hydrogen (secondary N) is 1. The van der Waals surface area contributed by atoms with Gasteiger partial charge >= 0.3 is 0 Å². The quantitative estimate of drug-likeness (QED) is 0.622. The Balaban J connectivity index is 1.79. The third-order valence-corrected chi connectivity index (χ3v) is 4.59. The lowest BCUT2D eigenvalue weighted by molar-refractivity contribution is -0.384. The molecule has 2 heterocycles. The van der Waals surface area contributed by atoms with Crippen LogP contribution in [0.2, 0.25) is 5.02 Å². The van der Waals surface area contributed by atoms with E-state index in [1.807, 2.05) is 4.90 Å². The Kier molecular flexibility index (Phi) is 5.75. The molecule has 2 aromatic rings. The van der Waals surface area contributed by atoms with Crippen molar-refractivity contribution in [3.63, 3.8) is 0 Å². The highest BCUT2D eigenvalue weighted by atomic mass is 35.5. The number of piperidine rings is 1. The van der Waals surface area contributed by atoms with E-state index < -0.39 is 4.92 Å². The number of benzene rings is 1. The molecule has 1 fully saturated rings. The van der Waals surface area contributed by atoms with E-state index in [0.29, 0.717) is 29.7 Å². The van der Waals surface area contributed by atoms with Crippen LogP contribution >= 0.6 is 11.6 Å². The summed E-state index contributed by atoms with van der Waals surface area (Å²) >= 11 is 5.83. The average molecular weight is 391 g/mol. The van der Waals surface area contributed by atoms with Crippen LogP contribution < -0.4 is 15.0 Å². The minimum absolute atomic E-state index is 0.0960. The van der Waals surface area contributed by atoms with E-state index in [1.54, 1.807) is 24.3 Å². The summed E-state index contributed by atoms with van der Waals surface area (Å²) in [5.41, 5.74) is 0.634. The van der Waals surface area contributed by atoms with E-state index >= 15 is 0 Å². The predicted octanol–water partition coefficient (Wildman–Crippen LogP) is 3.05. The number of nitro groups is 1. The molecule has 1 aliphatic rings. The number of hydrogen-bond acceptors (Lipinski definition) is 6. The first-order valence-corrected chi connectivity index (χ1v) is 8.89. The van der Waals surface area contributed by atoms with E-state index in [2.05, 4.69) is 10.3 Å². The molecule has 1 unspecified atom stereocenters. The number of halogens is 1. The monoisotopic (exact) mass is 390 g/mol. The Morgan fingerprint density at radius 2 is 2.22 bits per heavy atom. The van der Waals surface area contributed by atoms with E-state index in [4.69, 9.17) is 16.3 Å².